The SMILES string of the molecule is CC(C)NCCCCc1ccc(Cl)c2cccnc12. The van der Waals surface area contributed by atoms with Gasteiger partial charge in [-0.15, -0.1) is 0 Å². The average Bonchev–Trinajstić information content (AvgIpc) is 2.41. The number of nitrogens with zero attached hydrogens (tertiary/aromatic N) is 1. The fourth-order valence-electron chi connectivity index (χ4n) is 2.23. The molecular weight excluding hydrogens is 256 g/mol. The van der Waals surface area contributed by atoms with Gasteiger partial charge in [0.15, 0.2) is 0 Å². The highest BCUT2D eigenvalue weighted by atomic mass is 35.5. The average molecular weight is 277 g/mol. The zero-order chi connectivity index (χ0) is 13.7. The van der Waals surface area contributed by atoms with Crippen molar-refractivity contribution in [3.63, 3.8) is 0 Å². The van der Waals surface area contributed by atoms with Gasteiger partial charge in [-0.25, -0.2) is 0 Å². The molecule has 1 heterocycles. The molecule has 0 aliphatic heterocycles. The Kier molecular flexibility index (Phi) is 5.17. The molecule has 102 valence electrons. The van der Waals surface area contributed by atoms with Gasteiger partial charge in [0, 0.05) is 22.6 Å². The smallest absolute Gasteiger partial charge is 0.0748 e. The number of aromatic nitrogens is 1. The van der Waals surface area contributed by atoms with Crippen LogP contribution in [0, 0.1) is 0 Å². The lowest BCUT2D eigenvalue weighted by Gasteiger charge is -2.09. The van der Waals surface area contributed by atoms with E-state index in [-0.39, 0.29) is 0 Å². The van der Waals surface area contributed by atoms with Gasteiger partial charge in [-0.3, -0.25) is 4.98 Å². The van der Waals surface area contributed by atoms with Crippen LogP contribution in [0.1, 0.15) is 32.3 Å². The molecular formula is C16H21ClN2. The molecule has 0 spiro atoms. The maximum absolute atomic E-state index is 6.20. The summed E-state index contributed by atoms with van der Waals surface area (Å²) in [5.74, 6) is 0. The minimum absolute atomic E-state index is 0.568. The van der Waals surface area contributed by atoms with Gasteiger partial charge in [-0.05, 0) is 49.6 Å². The highest BCUT2D eigenvalue weighted by molar-refractivity contribution is 6.35. The lowest BCUT2D eigenvalue weighted by Crippen LogP contribution is -2.23. The highest BCUT2D eigenvalue weighted by Crippen LogP contribution is 2.25. The lowest BCUT2D eigenvalue weighted by molar-refractivity contribution is 0.558. The Hall–Kier alpha value is -1.12. The second kappa shape index (κ2) is 6.88. The molecule has 0 fully saturated rings. The van der Waals surface area contributed by atoms with Crippen molar-refractivity contribution in [2.45, 2.75) is 39.2 Å². The molecule has 0 aliphatic rings. The van der Waals surface area contributed by atoms with Crippen molar-refractivity contribution in [3.8, 4) is 0 Å². The zero-order valence-electron chi connectivity index (χ0n) is 11.6. The summed E-state index contributed by atoms with van der Waals surface area (Å²) >= 11 is 6.20. The summed E-state index contributed by atoms with van der Waals surface area (Å²) < 4.78 is 0. The molecule has 0 saturated carbocycles. The fraction of sp³-hybridized carbons (Fsp3) is 0.438. The summed E-state index contributed by atoms with van der Waals surface area (Å²) in [5.41, 5.74) is 2.34. The van der Waals surface area contributed by atoms with Crippen LogP contribution in [0.25, 0.3) is 10.9 Å². The quantitative estimate of drug-likeness (QED) is 0.800. The number of benzene rings is 1. The number of halogens is 1. The molecule has 19 heavy (non-hydrogen) atoms. The third-order valence-electron chi connectivity index (χ3n) is 3.23. The minimum Gasteiger partial charge on any atom is -0.315 e. The van der Waals surface area contributed by atoms with E-state index >= 15 is 0 Å². The Morgan fingerprint density at radius 1 is 1.21 bits per heavy atom. The van der Waals surface area contributed by atoms with E-state index in [1.807, 2.05) is 24.4 Å². The van der Waals surface area contributed by atoms with Crippen LogP contribution >= 0.6 is 11.6 Å². The predicted octanol–water partition coefficient (Wildman–Crippen LogP) is 4.21. The van der Waals surface area contributed by atoms with Crippen LogP contribution in [0.4, 0.5) is 0 Å². The molecule has 2 aromatic rings. The Bertz CT molecular complexity index is 537. The first kappa shape index (κ1) is 14.3. The van der Waals surface area contributed by atoms with Crippen molar-refractivity contribution in [1.29, 1.82) is 0 Å². The number of aryl methyl sites for hydroxylation is 1. The Balaban J connectivity index is 1.99. The first-order chi connectivity index (χ1) is 9.18. The maximum atomic E-state index is 6.20. The maximum Gasteiger partial charge on any atom is 0.0748 e. The van der Waals surface area contributed by atoms with Gasteiger partial charge >= 0.3 is 0 Å². The monoisotopic (exact) mass is 276 g/mol. The van der Waals surface area contributed by atoms with Gasteiger partial charge in [-0.2, -0.15) is 0 Å². The molecule has 0 bridgehead atoms. The summed E-state index contributed by atoms with van der Waals surface area (Å²) in [7, 11) is 0. The van der Waals surface area contributed by atoms with Crippen LogP contribution in [-0.2, 0) is 6.42 Å². The second-order valence-corrected chi connectivity index (χ2v) is 5.58. The predicted molar refractivity (Wildman–Crippen MR) is 82.8 cm³/mol. The third-order valence-corrected chi connectivity index (χ3v) is 3.56. The molecule has 0 aliphatic carbocycles. The Labute approximate surface area is 120 Å². The van der Waals surface area contributed by atoms with Gasteiger partial charge < -0.3 is 5.32 Å². The first-order valence-electron chi connectivity index (χ1n) is 6.94. The van der Waals surface area contributed by atoms with Gasteiger partial charge in [-0.1, -0.05) is 31.5 Å². The number of rotatable bonds is 6. The van der Waals surface area contributed by atoms with E-state index in [4.69, 9.17) is 11.6 Å². The molecule has 2 nitrogen and oxygen atoms in total. The summed E-state index contributed by atoms with van der Waals surface area (Å²) in [6, 6.07) is 8.62. The van der Waals surface area contributed by atoms with Gasteiger partial charge in [0.25, 0.3) is 0 Å². The normalized spacial score (nSPS) is 11.4. The van der Waals surface area contributed by atoms with Crippen molar-refractivity contribution < 1.29 is 0 Å². The summed E-state index contributed by atoms with van der Waals surface area (Å²) in [5, 5.41) is 5.28. The van der Waals surface area contributed by atoms with E-state index in [1.165, 1.54) is 18.4 Å². The topological polar surface area (TPSA) is 24.9 Å². The third kappa shape index (κ3) is 3.92. The molecule has 1 aromatic carbocycles. The highest BCUT2D eigenvalue weighted by Gasteiger charge is 2.05. The molecule has 2 rings (SSSR count). The largest absolute Gasteiger partial charge is 0.315 e. The van der Waals surface area contributed by atoms with Crippen LogP contribution in [0.5, 0.6) is 0 Å². The van der Waals surface area contributed by atoms with Crippen LogP contribution in [0.3, 0.4) is 0 Å². The summed E-state index contributed by atoms with van der Waals surface area (Å²) in [6.07, 6.45) is 5.26. The van der Waals surface area contributed by atoms with Crippen LogP contribution < -0.4 is 5.32 Å². The molecule has 0 amide bonds. The molecule has 1 aromatic heterocycles. The standard InChI is InChI=1S/C16H21ClN2/c1-12(2)18-10-4-3-6-13-8-9-15(17)14-7-5-11-19-16(13)14/h5,7-9,11-12,18H,3-4,6,10H2,1-2H3. The summed E-state index contributed by atoms with van der Waals surface area (Å²) in [4.78, 5) is 4.47. The lowest BCUT2D eigenvalue weighted by atomic mass is 10.0. The van der Waals surface area contributed by atoms with E-state index in [1.54, 1.807) is 0 Å². The van der Waals surface area contributed by atoms with Gasteiger partial charge in [0.05, 0.1) is 5.52 Å². The second-order valence-electron chi connectivity index (χ2n) is 5.17. The van der Waals surface area contributed by atoms with E-state index in [2.05, 4.69) is 30.2 Å². The number of pyridine rings is 1. The zero-order valence-corrected chi connectivity index (χ0v) is 12.4. The fourth-order valence-corrected chi connectivity index (χ4v) is 2.44. The van der Waals surface area contributed by atoms with Crippen molar-refractivity contribution in [2.24, 2.45) is 0 Å². The Morgan fingerprint density at radius 3 is 2.84 bits per heavy atom. The van der Waals surface area contributed by atoms with E-state index < -0.39 is 0 Å². The van der Waals surface area contributed by atoms with Crippen molar-refractivity contribution in [3.05, 3.63) is 41.0 Å². The number of unbranched alkanes of at least 4 members (excludes halogenated alkanes) is 1. The van der Waals surface area contributed by atoms with Crippen molar-refractivity contribution in [1.82, 2.24) is 10.3 Å². The van der Waals surface area contributed by atoms with Gasteiger partial charge in [0.2, 0.25) is 0 Å². The molecule has 0 atom stereocenters. The number of fused-ring (bicyclic) bond motifs is 1. The van der Waals surface area contributed by atoms with E-state index in [0.717, 1.165) is 28.9 Å². The molecule has 3 heteroatoms. The van der Waals surface area contributed by atoms with E-state index in [9.17, 15) is 0 Å². The summed E-state index contributed by atoms with van der Waals surface area (Å²) in [6.45, 7) is 5.43. The molecule has 0 saturated heterocycles. The number of nitrogens with one attached hydrogen (secondary N) is 1. The van der Waals surface area contributed by atoms with Gasteiger partial charge in [0.1, 0.15) is 0 Å². The first-order valence-corrected chi connectivity index (χ1v) is 7.32. The number of hydrogen-bond donors (Lipinski definition) is 1. The van der Waals surface area contributed by atoms with Crippen LogP contribution in [0.15, 0.2) is 30.5 Å². The minimum atomic E-state index is 0.568. The molecule has 1 N–H and O–H groups in total. The Morgan fingerprint density at radius 2 is 2.05 bits per heavy atom. The number of hydrogen-bond acceptors (Lipinski definition) is 2. The van der Waals surface area contributed by atoms with Crippen LogP contribution in [0.2, 0.25) is 5.02 Å². The van der Waals surface area contributed by atoms with Crippen LogP contribution in [-0.4, -0.2) is 17.6 Å². The molecule has 0 radical (unpaired) electrons. The van der Waals surface area contributed by atoms with E-state index in [0.29, 0.717) is 6.04 Å². The van der Waals surface area contributed by atoms with Crippen molar-refractivity contribution in [2.75, 3.05) is 6.54 Å². The molecule has 0 unspecified atom stereocenters. The van der Waals surface area contributed by atoms with Crippen molar-refractivity contribution >= 4 is 22.5 Å².